The van der Waals surface area contributed by atoms with E-state index >= 15 is 0 Å². The molecule has 0 amide bonds. The number of aryl methyl sites for hydroxylation is 1. The summed E-state index contributed by atoms with van der Waals surface area (Å²) in [7, 11) is 1.95. The number of allylic oxidation sites excluding steroid dienone is 2. The van der Waals surface area contributed by atoms with E-state index in [1.807, 2.05) is 23.9 Å². The highest BCUT2D eigenvalue weighted by Gasteiger charge is 2.07. The average Bonchev–Trinajstić information content (AvgIpc) is 2.47. The molecular weight excluding hydrogens is 184 g/mol. The minimum absolute atomic E-state index is 0.411. The van der Waals surface area contributed by atoms with E-state index in [2.05, 4.69) is 32.1 Å². The van der Waals surface area contributed by atoms with Gasteiger partial charge in [0.2, 0.25) is 0 Å². The molecule has 0 aliphatic carbocycles. The van der Waals surface area contributed by atoms with Crippen LogP contribution in [0.5, 0.6) is 0 Å². The first kappa shape index (κ1) is 11.5. The predicted molar refractivity (Wildman–Crippen MR) is 65.9 cm³/mol. The molecule has 2 nitrogen and oxygen atoms in total. The number of aromatic nitrogens is 2. The SMILES string of the molecule is C=C/C=c1/c(C(C)C)nn(C)/c1=C/C=C. The number of nitrogens with zero attached hydrogens (tertiary/aromatic N) is 2. The Morgan fingerprint density at radius 1 is 1.20 bits per heavy atom. The molecule has 0 aliphatic heterocycles. The predicted octanol–water partition coefficient (Wildman–Crippen LogP) is 1.48. The van der Waals surface area contributed by atoms with Crippen molar-refractivity contribution in [2.75, 3.05) is 0 Å². The summed E-state index contributed by atoms with van der Waals surface area (Å²) in [6, 6.07) is 0. The highest BCUT2D eigenvalue weighted by Crippen LogP contribution is 2.03. The second-order valence-electron chi connectivity index (χ2n) is 3.77. The van der Waals surface area contributed by atoms with Gasteiger partial charge in [0.1, 0.15) is 0 Å². The van der Waals surface area contributed by atoms with Gasteiger partial charge in [-0.15, -0.1) is 0 Å². The monoisotopic (exact) mass is 202 g/mol. The quantitative estimate of drug-likeness (QED) is 0.726. The number of rotatable bonds is 3. The largest absolute Gasteiger partial charge is 0.268 e. The molecule has 0 radical (unpaired) electrons. The molecular formula is C13H18N2. The van der Waals surface area contributed by atoms with Gasteiger partial charge in [0.25, 0.3) is 0 Å². The Morgan fingerprint density at radius 2 is 1.80 bits per heavy atom. The van der Waals surface area contributed by atoms with Crippen molar-refractivity contribution in [3.63, 3.8) is 0 Å². The Kier molecular flexibility index (Phi) is 3.67. The summed E-state index contributed by atoms with van der Waals surface area (Å²) in [5.74, 6) is 0.411. The molecule has 80 valence electrons. The standard InChI is InChI=1S/C13H18N2/c1-6-8-11-12(9-7-2)15(5)14-13(11)10(3)4/h6-10H,1-2H2,3-5H3/b11-8+,12-9+. The summed E-state index contributed by atoms with van der Waals surface area (Å²) < 4.78 is 1.88. The van der Waals surface area contributed by atoms with Gasteiger partial charge in [-0.05, 0) is 12.0 Å². The first-order valence-electron chi connectivity index (χ1n) is 5.10. The fraction of sp³-hybridized carbons (Fsp3) is 0.308. The zero-order valence-corrected chi connectivity index (χ0v) is 9.70. The number of hydrogen-bond donors (Lipinski definition) is 0. The van der Waals surface area contributed by atoms with Crippen LogP contribution in [0.4, 0.5) is 0 Å². The van der Waals surface area contributed by atoms with Crippen LogP contribution in [0.1, 0.15) is 25.5 Å². The van der Waals surface area contributed by atoms with Gasteiger partial charge in [-0.3, -0.25) is 4.68 Å². The van der Waals surface area contributed by atoms with Crippen LogP contribution in [0.3, 0.4) is 0 Å². The lowest BCUT2D eigenvalue weighted by Crippen LogP contribution is -2.29. The first-order chi connectivity index (χ1) is 7.11. The number of hydrogen-bond acceptors (Lipinski definition) is 1. The summed E-state index contributed by atoms with van der Waals surface area (Å²) in [4.78, 5) is 0. The van der Waals surface area contributed by atoms with Crippen LogP contribution < -0.4 is 10.6 Å². The second-order valence-corrected chi connectivity index (χ2v) is 3.77. The van der Waals surface area contributed by atoms with E-state index in [1.165, 1.54) is 0 Å². The van der Waals surface area contributed by atoms with Gasteiger partial charge >= 0.3 is 0 Å². The maximum absolute atomic E-state index is 4.51. The summed E-state index contributed by atoms with van der Waals surface area (Å²) in [5.41, 5.74) is 1.10. The molecule has 0 fully saturated rings. The van der Waals surface area contributed by atoms with E-state index in [-0.39, 0.29) is 0 Å². The zero-order valence-electron chi connectivity index (χ0n) is 9.70. The smallest absolute Gasteiger partial charge is 0.0728 e. The molecule has 0 saturated heterocycles. The Balaban J connectivity index is 3.67. The van der Waals surface area contributed by atoms with Crippen LogP contribution in [-0.2, 0) is 7.05 Å². The lowest BCUT2D eigenvalue weighted by atomic mass is 10.1. The molecule has 0 spiro atoms. The van der Waals surface area contributed by atoms with Crippen LogP contribution in [0, 0.1) is 0 Å². The lowest BCUT2D eigenvalue weighted by molar-refractivity contribution is 0.700. The average molecular weight is 202 g/mol. The van der Waals surface area contributed by atoms with Gasteiger partial charge in [-0.2, -0.15) is 5.10 Å². The summed E-state index contributed by atoms with van der Waals surface area (Å²) in [6.07, 6.45) is 7.54. The van der Waals surface area contributed by atoms with Crippen LogP contribution >= 0.6 is 0 Å². The third-order valence-corrected chi connectivity index (χ3v) is 2.27. The molecule has 1 aromatic heterocycles. The van der Waals surface area contributed by atoms with Crippen molar-refractivity contribution < 1.29 is 0 Å². The molecule has 0 N–H and O–H groups in total. The molecule has 0 aliphatic rings. The van der Waals surface area contributed by atoms with Gasteiger partial charge < -0.3 is 0 Å². The fourth-order valence-corrected chi connectivity index (χ4v) is 1.60. The highest BCUT2D eigenvalue weighted by molar-refractivity contribution is 5.42. The topological polar surface area (TPSA) is 17.8 Å². The van der Waals surface area contributed by atoms with Gasteiger partial charge in [0.15, 0.2) is 0 Å². The van der Waals surface area contributed by atoms with Crippen molar-refractivity contribution in [2.45, 2.75) is 19.8 Å². The lowest BCUT2D eigenvalue weighted by Gasteiger charge is -1.97. The van der Waals surface area contributed by atoms with Crippen molar-refractivity contribution in [2.24, 2.45) is 7.05 Å². The van der Waals surface area contributed by atoms with E-state index in [0.29, 0.717) is 5.92 Å². The van der Waals surface area contributed by atoms with Crippen LogP contribution in [-0.4, -0.2) is 9.78 Å². The van der Waals surface area contributed by atoms with Crippen molar-refractivity contribution >= 4 is 12.2 Å². The van der Waals surface area contributed by atoms with Gasteiger partial charge in [0.05, 0.1) is 11.0 Å². The Hall–Kier alpha value is -1.57. The summed E-state index contributed by atoms with van der Waals surface area (Å²) >= 11 is 0. The third kappa shape index (κ3) is 2.27. The van der Waals surface area contributed by atoms with Crippen molar-refractivity contribution in [3.8, 4) is 0 Å². The summed E-state index contributed by atoms with van der Waals surface area (Å²) in [5, 5.41) is 6.72. The van der Waals surface area contributed by atoms with E-state index in [9.17, 15) is 0 Å². The van der Waals surface area contributed by atoms with E-state index in [4.69, 9.17) is 0 Å². The molecule has 1 rings (SSSR count). The van der Waals surface area contributed by atoms with Crippen molar-refractivity contribution in [1.29, 1.82) is 0 Å². The van der Waals surface area contributed by atoms with E-state index in [0.717, 1.165) is 16.3 Å². The Morgan fingerprint density at radius 3 is 2.27 bits per heavy atom. The minimum atomic E-state index is 0.411. The van der Waals surface area contributed by atoms with Gasteiger partial charge in [-0.25, -0.2) is 0 Å². The van der Waals surface area contributed by atoms with Gasteiger partial charge in [-0.1, -0.05) is 45.2 Å². The first-order valence-corrected chi connectivity index (χ1v) is 5.10. The maximum atomic E-state index is 4.51. The molecule has 0 aromatic carbocycles. The molecule has 15 heavy (non-hydrogen) atoms. The van der Waals surface area contributed by atoms with Crippen LogP contribution in [0.15, 0.2) is 25.3 Å². The second kappa shape index (κ2) is 4.78. The Labute approximate surface area is 90.9 Å². The fourth-order valence-electron chi connectivity index (χ4n) is 1.60. The zero-order chi connectivity index (χ0) is 11.4. The molecule has 1 heterocycles. The molecule has 0 atom stereocenters. The van der Waals surface area contributed by atoms with E-state index < -0.39 is 0 Å². The Bertz CT molecular complexity index is 475. The molecule has 0 bridgehead atoms. The van der Waals surface area contributed by atoms with Crippen molar-refractivity contribution in [1.82, 2.24) is 9.78 Å². The van der Waals surface area contributed by atoms with Crippen molar-refractivity contribution in [3.05, 3.63) is 41.6 Å². The maximum Gasteiger partial charge on any atom is 0.0728 e. The van der Waals surface area contributed by atoms with Crippen LogP contribution in [0.2, 0.25) is 0 Å². The molecule has 2 heteroatoms. The highest BCUT2D eigenvalue weighted by atomic mass is 15.3. The summed E-state index contributed by atoms with van der Waals surface area (Å²) in [6.45, 7) is 11.7. The molecule has 0 saturated carbocycles. The molecule has 1 aromatic rings. The van der Waals surface area contributed by atoms with Crippen LogP contribution in [0.25, 0.3) is 12.2 Å². The molecule has 0 unspecified atom stereocenters. The van der Waals surface area contributed by atoms with E-state index in [1.54, 1.807) is 12.2 Å². The third-order valence-electron chi connectivity index (χ3n) is 2.27. The van der Waals surface area contributed by atoms with Gasteiger partial charge in [0, 0.05) is 12.3 Å². The normalized spacial score (nSPS) is 13.6. The minimum Gasteiger partial charge on any atom is -0.268 e.